The SMILES string of the molecule is O=C(Nc1ccccc1O)C1CCCCN1S(=O)(=O)c1ccc([N+](=O)[O-])cc1. The molecule has 1 heterocycles. The number of hydrogen-bond acceptors (Lipinski definition) is 6. The van der Waals surface area contributed by atoms with Gasteiger partial charge in [-0.2, -0.15) is 4.31 Å². The van der Waals surface area contributed by atoms with Crippen molar-refractivity contribution in [3.63, 3.8) is 0 Å². The van der Waals surface area contributed by atoms with E-state index < -0.39 is 26.9 Å². The lowest BCUT2D eigenvalue weighted by Gasteiger charge is -2.33. The summed E-state index contributed by atoms with van der Waals surface area (Å²) < 4.78 is 27.2. The highest BCUT2D eigenvalue weighted by atomic mass is 32.2. The number of piperidine rings is 1. The van der Waals surface area contributed by atoms with Crippen molar-refractivity contribution in [2.45, 2.75) is 30.2 Å². The second kappa shape index (κ2) is 7.95. The van der Waals surface area contributed by atoms with Crippen molar-refractivity contribution < 1.29 is 23.2 Å². The molecule has 1 aliphatic heterocycles. The van der Waals surface area contributed by atoms with Gasteiger partial charge >= 0.3 is 0 Å². The number of amides is 1. The fourth-order valence-corrected chi connectivity index (χ4v) is 4.78. The molecule has 0 aliphatic carbocycles. The zero-order valence-corrected chi connectivity index (χ0v) is 15.6. The minimum absolute atomic E-state index is 0.111. The first-order valence-electron chi connectivity index (χ1n) is 8.66. The van der Waals surface area contributed by atoms with Crippen LogP contribution in [0.25, 0.3) is 0 Å². The van der Waals surface area contributed by atoms with Crippen molar-refractivity contribution >= 4 is 27.3 Å². The van der Waals surface area contributed by atoms with Crippen molar-refractivity contribution in [2.75, 3.05) is 11.9 Å². The monoisotopic (exact) mass is 405 g/mol. The van der Waals surface area contributed by atoms with Gasteiger partial charge in [0.2, 0.25) is 15.9 Å². The van der Waals surface area contributed by atoms with Crippen molar-refractivity contribution in [1.82, 2.24) is 4.31 Å². The molecule has 9 nitrogen and oxygen atoms in total. The van der Waals surface area contributed by atoms with E-state index in [1.54, 1.807) is 12.1 Å². The minimum Gasteiger partial charge on any atom is -0.506 e. The molecular formula is C18H19N3O6S. The summed E-state index contributed by atoms with van der Waals surface area (Å²) in [6.45, 7) is 0.165. The molecule has 10 heteroatoms. The van der Waals surface area contributed by atoms with E-state index in [2.05, 4.69) is 5.32 Å². The number of non-ortho nitro benzene ring substituents is 1. The highest BCUT2D eigenvalue weighted by Gasteiger charge is 2.38. The van der Waals surface area contributed by atoms with Crippen LogP contribution in [0, 0.1) is 10.1 Å². The van der Waals surface area contributed by atoms with Gasteiger partial charge in [0.15, 0.2) is 0 Å². The number of carbonyl (C=O) groups excluding carboxylic acids is 1. The smallest absolute Gasteiger partial charge is 0.269 e. The Morgan fingerprint density at radius 3 is 2.46 bits per heavy atom. The van der Waals surface area contributed by atoms with Gasteiger partial charge in [0, 0.05) is 18.7 Å². The Balaban J connectivity index is 1.86. The van der Waals surface area contributed by atoms with Gasteiger partial charge in [0.05, 0.1) is 15.5 Å². The second-order valence-corrected chi connectivity index (χ2v) is 8.28. The molecule has 1 saturated heterocycles. The van der Waals surface area contributed by atoms with Crippen LogP contribution < -0.4 is 5.32 Å². The maximum atomic E-state index is 13.0. The molecule has 1 amide bonds. The fraction of sp³-hybridized carbons (Fsp3) is 0.278. The van der Waals surface area contributed by atoms with Crippen LogP contribution in [-0.2, 0) is 14.8 Å². The molecule has 2 N–H and O–H groups in total. The second-order valence-electron chi connectivity index (χ2n) is 6.38. The molecule has 148 valence electrons. The van der Waals surface area contributed by atoms with Crippen molar-refractivity contribution in [2.24, 2.45) is 0 Å². The summed E-state index contributed by atoms with van der Waals surface area (Å²) in [5.41, 5.74) is -0.0165. The molecule has 2 aromatic rings. The van der Waals surface area contributed by atoms with Crippen LogP contribution >= 0.6 is 0 Å². The number of para-hydroxylation sites is 2. The molecule has 0 aromatic heterocycles. The Morgan fingerprint density at radius 2 is 1.82 bits per heavy atom. The fourth-order valence-electron chi connectivity index (χ4n) is 3.13. The van der Waals surface area contributed by atoms with Crippen molar-refractivity contribution in [1.29, 1.82) is 0 Å². The van der Waals surface area contributed by atoms with E-state index in [-0.39, 0.29) is 28.6 Å². The highest BCUT2D eigenvalue weighted by molar-refractivity contribution is 7.89. The molecule has 28 heavy (non-hydrogen) atoms. The van der Waals surface area contributed by atoms with E-state index in [4.69, 9.17) is 0 Å². The summed E-state index contributed by atoms with van der Waals surface area (Å²) >= 11 is 0. The molecule has 1 aliphatic rings. The summed E-state index contributed by atoms with van der Waals surface area (Å²) in [5, 5.41) is 23.2. The highest BCUT2D eigenvalue weighted by Crippen LogP contribution is 2.28. The Bertz CT molecular complexity index is 991. The van der Waals surface area contributed by atoms with Gasteiger partial charge in [0.1, 0.15) is 11.8 Å². The first-order valence-corrected chi connectivity index (χ1v) is 10.1. The molecule has 2 aromatic carbocycles. The normalized spacial score (nSPS) is 17.8. The minimum atomic E-state index is -4.01. The van der Waals surface area contributed by atoms with Gasteiger partial charge in [0.25, 0.3) is 5.69 Å². The number of benzene rings is 2. The number of nitro benzene ring substituents is 1. The number of carbonyl (C=O) groups is 1. The van der Waals surface area contributed by atoms with E-state index in [1.165, 1.54) is 24.3 Å². The first-order chi connectivity index (χ1) is 13.3. The van der Waals surface area contributed by atoms with E-state index in [1.807, 2.05) is 0 Å². The van der Waals surface area contributed by atoms with Gasteiger partial charge in [-0.25, -0.2) is 8.42 Å². The van der Waals surface area contributed by atoms with Crippen LogP contribution in [0.3, 0.4) is 0 Å². The lowest BCUT2D eigenvalue weighted by atomic mass is 10.0. The molecule has 0 bridgehead atoms. The largest absolute Gasteiger partial charge is 0.506 e. The van der Waals surface area contributed by atoms with Gasteiger partial charge in [-0.05, 0) is 37.1 Å². The number of phenolic OH excluding ortho intramolecular Hbond substituents is 1. The van der Waals surface area contributed by atoms with E-state index in [0.717, 1.165) is 16.4 Å². The van der Waals surface area contributed by atoms with Crippen molar-refractivity contribution in [3.05, 3.63) is 58.6 Å². The lowest BCUT2D eigenvalue weighted by Crippen LogP contribution is -2.49. The Hall–Kier alpha value is -2.98. The summed E-state index contributed by atoms with van der Waals surface area (Å²) in [5.74, 6) is -0.650. The molecule has 0 saturated carbocycles. The zero-order valence-electron chi connectivity index (χ0n) is 14.8. The van der Waals surface area contributed by atoms with Crippen LogP contribution in [0.15, 0.2) is 53.4 Å². The topological polar surface area (TPSA) is 130 Å². The van der Waals surface area contributed by atoms with Crippen LogP contribution in [-0.4, -0.2) is 41.2 Å². The number of sulfonamides is 1. The number of hydrogen-bond donors (Lipinski definition) is 2. The number of rotatable bonds is 5. The van der Waals surface area contributed by atoms with Crippen LogP contribution in [0.1, 0.15) is 19.3 Å². The van der Waals surface area contributed by atoms with Gasteiger partial charge in [-0.3, -0.25) is 14.9 Å². The average molecular weight is 405 g/mol. The Kier molecular flexibility index (Phi) is 5.61. The quantitative estimate of drug-likeness (QED) is 0.446. The van der Waals surface area contributed by atoms with Crippen LogP contribution in [0.2, 0.25) is 0 Å². The summed E-state index contributed by atoms with van der Waals surface area (Å²) in [4.78, 5) is 22.8. The van der Waals surface area contributed by atoms with Crippen LogP contribution in [0.5, 0.6) is 5.75 Å². The number of phenols is 1. The summed E-state index contributed by atoms with van der Waals surface area (Å²) in [7, 11) is -4.01. The van der Waals surface area contributed by atoms with Gasteiger partial charge in [-0.15, -0.1) is 0 Å². The van der Waals surface area contributed by atoms with E-state index >= 15 is 0 Å². The molecule has 3 rings (SSSR count). The molecule has 1 fully saturated rings. The molecular weight excluding hydrogens is 386 g/mol. The maximum Gasteiger partial charge on any atom is 0.269 e. The number of aromatic hydroxyl groups is 1. The summed E-state index contributed by atoms with van der Waals surface area (Å²) in [6, 6.07) is 9.82. The van der Waals surface area contributed by atoms with Gasteiger partial charge in [-0.1, -0.05) is 18.6 Å². The third-order valence-corrected chi connectivity index (χ3v) is 6.49. The Morgan fingerprint density at radius 1 is 1.14 bits per heavy atom. The number of nitro groups is 1. The van der Waals surface area contributed by atoms with Crippen molar-refractivity contribution in [3.8, 4) is 5.75 Å². The summed E-state index contributed by atoms with van der Waals surface area (Å²) in [6.07, 6.45) is 1.63. The predicted octanol–water partition coefficient (Wildman–Crippen LogP) is 2.48. The zero-order chi connectivity index (χ0) is 20.3. The number of nitrogens with one attached hydrogen (secondary N) is 1. The van der Waals surface area contributed by atoms with Crippen LogP contribution in [0.4, 0.5) is 11.4 Å². The average Bonchev–Trinajstić information content (AvgIpc) is 2.69. The predicted molar refractivity (Wildman–Crippen MR) is 101 cm³/mol. The third-order valence-electron chi connectivity index (χ3n) is 4.57. The molecule has 0 spiro atoms. The lowest BCUT2D eigenvalue weighted by molar-refractivity contribution is -0.384. The number of nitrogens with zero attached hydrogens (tertiary/aromatic N) is 2. The first kappa shape index (κ1) is 19.8. The standard InChI is InChI=1S/C18H19N3O6S/c22-17-7-2-1-5-15(17)19-18(23)16-6-3-4-12-20(16)28(26,27)14-10-8-13(9-11-14)21(24)25/h1-2,5,7-11,16,22H,3-4,6,12H2,(H,19,23). The third kappa shape index (κ3) is 3.97. The maximum absolute atomic E-state index is 13.0. The Labute approximate surface area is 161 Å². The van der Waals surface area contributed by atoms with E-state index in [9.17, 15) is 28.4 Å². The van der Waals surface area contributed by atoms with E-state index in [0.29, 0.717) is 19.3 Å². The molecule has 0 radical (unpaired) electrons. The van der Waals surface area contributed by atoms with Gasteiger partial charge < -0.3 is 10.4 Å². The molecule has 1 atom stereocenters. The number of anilines is 1. The molecule has 1 unspecified atom stereocenters.